The van der Waals surface area contributed by atoms with Crippen molar-refractivity contribution in [1.82, 2.24) is 19.6 Å². The maximum absolute atomic E-state index is 15.4. The number of esters is 2. The number of piperidine rings is 2. The fraction of sp³-hybridized carbons (Fsp3) is 0.562. The van der Waals surface area contributed by atoms with E-state index in [1.165, 1.54) is 0 Å². The standard InChI is InChI=1S/C64H70Cl4N4O12/c1-69(49(73)27-35-9-13-39(65)41(67)25-35)43-17-19-63(47-29-37-11-15-45(79-3)55-51(37)61(63,57(43)81-55)21-23-71(47)31-33-5-6-33)83-59(77)53(75)54(76)60(78)84-64-20-18-44(70(2)50(74)28-36-10-14-40(66)42(68)26-36)58-62(64)22-24-72(32-34-7-8-34)48(64)30-38-12-16-46(80-4)56(82-58)52(38)62/h9-16,25-26,33-34,43-44,47-48,53-54,57-58,75-76H,5-8,17-24,27-32H2,1-4H3/t43?,44?,47-,48-,53?,54?,57?,58?,61+,62+,63-,64-/m1/s1. The van der Waals surface area contributed by atoms with E-state index in [4.69, 9.17) is 74.8 Å². The minimum Gasteiger partial charge on any atom is -0.493 e. The molecule has 6 fully saturated rings. The maximum atomic E-state index is 15.4. The van der Waals surface area contributed by atoms with Crippen LogP contribution < -0.4 is 18.9 Å². The van der Waals surface area contributed by atoms with Crippen molar-refractivity contribution in [3.63, 3.8) is 0 Å². The molecule has 6 unspecified atom stereocenters. The molecule has 10 aliphatic rings. The molecule has 2 spiro atoms. The van der Waals surface area contributed by atoms with E-state index in [9.17, 15) is 19.8 Å². The average Bonchev–Trinajstić information content (AvgIpc) is 1.35. The number of hydrogen-bond donors (Lipinski definition) is 2. The lowest BCUT2D eigenvalue weighted by molar-refractivity contribution is -0.241. The van der Waals surface area contributed by atoms with Crippen molar-refractivity contribution in [1.29, 1.82) is 0 Å². The fourth-order valence-corrected chi connectivity index (χ4v) is 18.0. The van der Waals surface area contributed by atoms with Gasteiger partial charge >= 0.3 is 11.9 Å². The molecule has 84 heavy (non-hydrogen) atoms. The van der Waals surface area contributed by atoms with Crippen LogP contribution in [0.4, 0.5) is 0 Å². The van der Waals surface area contributed by atoms with Gasteiger partial charge in [0.1, 0.15) is 23.4 Å². The molecule has 2 saturated heterocycles. The van der Waals surface area contributed by atoms with Crippen LogP contribution in [0.3, 0.4) is 0 Å². The Kier molecular flexibility index (Phi) is 14.1. The Hall–Kier alpha value is -5.04. The number of halogens is 4. The summed E-state index contributed by atoms with van der Waals surface area (Å²) in [7, 11) is 6.74. The number of methoxy groups -OCH3 is 2. The van der Waals surface area contributed by atoms with Crippen molar-refractivity contribution < 1.29 is 57.8 Å². The molecule has 4 saturated carbocycles. The highest BCUT2D eigenvalue weighted by Gasteiger charge is 2.78. The molecule has 4 aliphatic heterocycles. The van der Waals surface area contributed by atoms with Crippen molar-refractivity contribution in [2.45, 2.75) is 161 Å². The predicted molar refractivity (Wildman–Crippen MR) is 313 cm³/mol. The van der Waals surface area contributed by atoms with Crippen LogP contribution in [0, 0.1) is 11.8 Å². The third-order valence-electron chi connectivity index (χ3n) is 21.6. The van der Waals surface area contributed by atoms with Crippen LogP contribution in [0.5, 0.6) is 23.0 Å². The normalized spacial score (nSPS) is 31.7. The Morgan fingerprint density at radius 3 is 1.36 bits per heavy atom. The lowest BCUT2D eigenvalue weighted by Crippen LogP contribution is -2.80. The number of nitrogens with zero attached hydrogens (tertiary/aromatic N) is 4. The molecule has 0 aromatic heterocycles. The molecule has 20 heteroatoms. The van der Waals surface area contributed by atoms with Crippen LogP contribution in [-0.4, -0.2) is 168 Å². The molecule has 2 N–H and O–H groups in total. The molecule has 4 aromatic rings. The highest BCUT2D eigenvalue weighted by atomic mass is 35.5. The number of ether oxygens (including phenoxy) is 6. The number of carbonyl (C=O) groups excluding carboxylic acids is 4. The average molecular weight is 1230 g/mol. The predicted octanol–water partition coefficient (Wildman–Crippen LogP) is 8.11. The first kappa shape index (κ1) is 56.7. The van der Waals surface area contributed by atoms with Gasteiger partial charge in [0.15, 0.2) is 35.2 Å². The second-order valence-corrected chi connectivity index (χ2v) is 27.3. The number of aliphatic hydroxyl groups excluding tert-OH is 2. The molecule has 4 aromatic carbocycles. The number of carbonyl (C=O) groups is 4. The molecule has 16 nitrogen and oxygen atoms in total. The number of benzene rings is 4. The second kappa shape index (κ2) is 20.8. The number of likely N-dealkylation sites (tertiary alicyclic amines) is 2. The van der Waals surface area contributed by atoms with Gasteiger partial charge in [-0.3, -0.25) is 19.4 Å². The van der Waals surface area contributed by atoms with Crippen molar-refractivity contribution in [2.75, 3.05) is 54.5 Å². The minimum absolute atomic E-state index is 0.0545. The van der Waals surface area contributed by atoms with Gasteiger partial charge < -0.3 is 48.4 Å². The SMILES string of the molecule is COc1ccc2c3c1OC1C(N(C)C(=O)Cc4ccc(Cl)c(Cl)c4)CC[C@@]4(OC(=O)C(O)C(O)C(=O)O[C@@]56CCC(N(C)C(=O)Cc7ccc(Cl)c(Cl)c7)C7Oc8c(OC)ccc9c8[C@@]75CCN(CC5CC5)[C@@H]6C9)[C@@H](C2)N(CC2CC2)CC[C@]314. The van der Waals surface area contributed by atoms with E-state index < -0.39 is 70.5 Å². The first-order valence-electron chi connectivity index (χ1n) is 29.8. The number of amides is 2. The zero-order valence-electron chi connectivity index (χ0n) is 47.6. The van der Waals surface area contributed by atoms with Crippen LogP contribution >= 0.6 is 46.4 Å². The zero-order valence-corrected chi connectivity index (χ0v) is 50.6. The summed E-state index contributed by atoms with van der Waals surface area (Å²) in [5, 5.41) is 26.4. The Bertz CT molecular complexity index is 3180. The summed E-state index contributed by atoms with van der Waals surface area (Å²) in [4.78, 5) is 68.0. The summed E-state index contributed by atoms with van der Waals surface area (Å²) >= 11 is 25.3. The van der Waals surface area contributed by atoms with Crippen LogP contribution in [0.2, 0.25) is 20.1 Å². The summed E-state index contributed by atoms with van der Waals surface area (Å²) in [5.41, 5.74) is 0.408. The summed E-state index contributed by atoms with van der Waals surface area (Å²) in [6, 6.07) is 16.5. The first-order chi connectivity index (χ1) is 40.4. The van der Waals surface area contributed by atoms with Gasteiger partial charge in [-0.2, -0.15) is 0 Å². The number of aliphatic hydroxyl groups is 2. The molecular formula is C64H70Cl4N4O12. The summed E-state index contributed by atoms with van der Waals surface area (Å²) in [5.74, 6) is 0.429. The van der Waals surface area contributed by atoms with E-state index in [1.807, 2.05) is 12.1 Å². The highest BCUT2D eigenvalue weighted by Crippen LogP contribution is 2.69. The van der Waals surface area contributed by atoms with Gasteiger partial charge in [0.2, 0.25) is 11.8 Å². The topological polar surface area (TPSA) is 177 Å². The van der Waals surface area contributed by atoms with E-state index >= 15 is 9.59 Å². The third kappa shape index (κ3) is 8.47. The third-order valence-corrected chi connectivity index (χ3v) is 23.1. The molecule has 2 amide bonds. The zero-order chi connectivity index (χ0) is 58.5. The number of hydrogen-bond acceptors (Lipinski definition) is 14. The van der Waals surface area contributed by atoms with E-state index in [0.717, 1.165) is 61.0 Å². The van der Waals surface area contributed by atoms with Gasteiger partial charge in [-0.1, -0.05) is 70.7 Å². The Balaban J connectivity index is 0.800. The quantitative estimate of drug-likeness (QED) is 0.0970. The molecule has 446 valence electrons. The smallest absolute Gasteiger partial charge is 0.339 e. The van der Waals surface area contributed by atoms with E-state index in [-0.39, 0.29) is 49.6 Å². The van der Waals surface area contributed by atoms with E-state index in [1.54, 1.807) is 74.5 Å². The molecule has 12 atom stereocenters. The molecule has 6 aliphatic carbocycles. The minimum atomic E-state index is -2.36. The Labute approximate surface area is 508 Å². The van der Waals surface area contributed by atoms with Crippen molar-refractivity contribution >= 4 is 70.2 Å². The number of rotatable bonds is 17. The van der Waals surface area contributed by atoms with Gasteiger partial charge in [-0.05, 0) is 161 Å². The van der Waals surface area contributed by atoms with Crippen LogP contribution in [0.25, 0.3) is 0 Å². The van der Waals surface area contributed by atoms with Gasteiger partial charge in [-0.25, -0.2) is 9.59 Å². The monoisotopic (exact) mass is 1230 g/mol. The molecule has 4 heterocycles. The Morgan fingerprint density at radius 1 is 0.583 bits per heavy atom. The fourth-order valence-electron chi connectivity index (χ4n) is 17.4. The summed E-state index contributed by atoms with van der Waals surface area (Å²) in [6.45, 7) is 2.90. The van der Waals surface area contributed by atoms with Crippen LogP contribution in [0.1, 0.15) is 97.6 Å². The van der Waals surface area contributed by atoms with Crippen molar-refractivity contribution in [2.24, 2.45) is 11.8 Å². The molecular weight excluding hydrogens is 1160 g/mol. The van der Waals surface area contributed by atoms with Gasteiger partial charge in [0.25, 0.3) is 0 Å². The summed E-state index contributed by atoms with van der Waals surface area (Å²) in [6.07, 6.45) is 1.59. The Morgan fingerprint density at radius 2 is 0.988 bits per heavy atom. The first-order valence-corrected chi connectivity index (χ1v) is 31.3. The van der Waals surface area contributed by atoms with Gasteiger partial charge in [-0.15, -0.1) is 0 Å². The molecule has 14 rings (SSSR count). The molecule has 0 radical (unpaired) electrons. The second-order valence-electron chi connectivity index (χ2n) is 25.7. The van der Waals surface area contributed by atoms with Gasteiger partial charge in [0, 0.05) is 38.3 Å². The van der Waals surface area contributed by atoms with E-state index in [2.05, 4.69) is 21.9 Å². The summed E-state index contributed by atoms with van der Waals surface area (Å²) < 4.78 is 40.4. The lowest BCUT2D eigenvalue weighted by atomic mass is 9.48. The number of likely N-dealkylation sites (N-methyl/N-ethyl adjacent to an activating group) is 2. The highest BCUT2D eigenvalue weighted by molar-refractivity contribution is 6.42. The van der Waals surface area contributed by atoms with Gasteiger partial charge in [0.05, 0.1) is 82.1 Å². The lowest BCUT2D eigenvalue weighted by Gasteiger charge is -2.66. The molecule has 4 bridgehead atoms. The largest absolute Gasteiger partial charge is 0.493 e. The van der Waals surface area contributed by atoms with E-state index in [0.29, 0.717) is 118 Å². The van der Waals surface area contributed by atoms with Crippen LogP contribution in [0.15, 0.2) is 60.7 Å². The van der Waals surface area contributed by atoms with Crippen LogP contribution in [-0.2, 0) is 65.2 Å². The van der Waals surface area contributed by atoms with Crippen molar-refractivity contribution in [3.05, 3.63) is 114 Å². The van der Waals surface area contributed by atoms with Crippen molar-refractivity contribution in [3.8, 4) is 23.0 Å². The maximum Gasteiger partial charge on any atom is 0.339 e.